The quantitative estimate of drug-likeness (QED) is 0.660. The lowest BCUT2D eigenvalue weighted by atomic mass is 10.1. The van der Waals surface area contributed by atoms with Crippen LogP contribution in [-0.4, -0.2) is 35.8 Å². The Morgan fingerprint density at radius 3 is 2.46 bits per heavy atom. The molecule has 1 aromatic rings. The molecule has 0 aliphatic rings. The highest BCUT2D eigenvalue weighted by atomic mass is 16.3. The van der Waals surface area contributed by atoms with Crippen LogP contribution in [0.1, 0.15) is 74.8 Å². The molecule has 0 saturated carbocycles. The molecule has 0 bridgehead atoms. The lowest BCUT2D eigenvalue weighted by Gasteiger charge is -2.23. The number of nitrogens with zero attached hydrogens (tertiary/aromatic N) is 1. The van der Waals surface area contributed by atoms with Crippen LogP contribution in [0.25, 0.3) is 0 Å². The molecule has 1 heterocycles. The first-order chi connectivity index (χ1) is 11.4. The fourth-order valence-corrected chi connectivity index (χ4v) is 2.57. The minimum absolute atomic E-state index is 0.00209. The third-order valence-electron chi connectivity index (χ3n) is 4.22. The van der Waals surface area contributed by atoms with E-state index < -0.39 is 0 Å². The van der Waals surface area contributed by atoms with Gasteiger partial charge in [-0.2, -0.15) is 0 Å². The molecular formula is C19H32N2O3. The van der Waals surface area contributed by atoms with Gasteiger partial charge in [-0.15, -0.1) is 0 Å². The molecule has 0 saturated heterocycles. The zero-order chi connectivity index (χ0) is 18.1. The first-order valence-corrected chi connectivity index (χ1v) is 9.04. The van der Waals surface area contributed by atoms with E-state index in [9.17, 15) is 9.59 Å². The monoisotopic (exact) mass is 336 g/mol. The van der Waals surface area contributed by atoms with Crippen molar-refractivity contribution in [1.82, 2.24) is 10.2 Å². The van der Waals surface area contributed by atoms with Gasteiger partial charge in [0.15, 0.2) is 0 Å². The smallest absolute Gasteiger partial charge is 0.257 e. The van der Waals surface area contributed by atoms with Crippen molar-refractivity contribution < 1.29 is 14.0 Å². The normalized spacial score (nSPS) is 12.0. The molecule has 0 aliphatic carbocycles. The Labute approximate surface area is 145 Å². The van der Waals surface area contributed by atoms with Crippen LogP contribution in [0.2, 0.25) is 0 Å². The fraction of sp³-hybridized carbons (Fsp3) is 0.684. The molecule has 1 aromatic heterocycles. The van der Waals surface area contributed by atoms with Gasteiger partial charge >= 0.3 is 0 Å². The molecule has 136 valence electrons. The van der Waals surface area contributed by atoms with Crippen molar-refractivity contribution in [2.75, 3.05) is 13.1 Å². The van der Waals surface area contributed by atoms with E-state index in [2.05, 4.69) is 12.2 Å². The number of hydrogen-bond donors (Lipinski definition) is 1. The molecule has 0 spiro atoms. The molecular weight excluding hydrogens is 304 g/mol. The maximum Gasteiger partial charge on any atom is 0.257 e. The Morgan fingerprint density at radius 2 is 1.92 bits per heavy atom. The molecule has 5 heteroatoms. The standard InChI is InChI=1S/C19H32N2O3/c1-6-8-9-11-21(12-10-18(22)20-14(3)7-2)19(23)17-13-15(4)24-16(17)5/h13-14H,6-12H2,1-5H3,(H,20,22). The zero-order valence-corrected chi connectivity index (χ0v) is 15.8. The van der Waals surface area contributed by atoms with Gasteiger partial charge in [-0.3, -0.25) is 9.59 Å². The van der Waals surface area contributed by atoms with E-state index in [0.29, 0.717) is 30.8 Å². The SMILES string of the molecule is CCCCCN(CCC(=O)NC(C)CC)C(=O)c1cc(C)oc1C. The Balaban J connectivity index is 2.71. The molecule has 0 aliphatic heterocycles. The van der Waals surface area contributed by atoms with Gasteiger partial charge < -0.3 is 14.6 Å². The predicted molar refractivity (Wildman–Crippen MR) is 96.1 cm³/mol. The molecule has 0 radical (unpaired) electrons. The van der Waals surface area contributed by atoms with Gasteiger partial charge in [0.2, 0.25) is 5.91 Å². The average molecular weight is 336 g/mol. The Hall–Kier alpha value is -1.78. The molecule has 2 amide bonds. The Kier molecular flexibility index (Phi) is 8.58. The second-order valence-corrected chi connectivity index (χ2v) is 6.45. The Morgan fingerprint density at radius 1 is 1.21 bits per heavy atom. The number of rotatable bonds is 10. The molecule has 1 rings (SSSR count). The number of hydrogen-bond acceptors (Lipinski definition) is 3. The number of amides is 2. The van der Waals surface area contributed by atoms with Gasteiger partial charge in [0.1, 0.15) is 11.5 Å². The summed E-state index contributed by atoms with van der Waals surface area (Å²) in [6, 6.07) is 1.95. The highest BCUT2D eigenvalue weighted by molar-refractivity contribution is 5.95. The van der Waals surface area contributed by atoms with Gasteiger partial charge in [-0.05, 0) is 39.7 Å². The first-order valence-electron chi connectivity index (χ1n) is 9.04. The van der Waals surface area contributed by atoms with Gasteiger partial charge in [-0.1, -0.05) is 26.7 Å². The average Bonchev–Trinajstić information content (AvgIpc) is 2.88. The summed E-state index contributed by atoms with van der Waals surface area (Å²) in [6.45, 7) is 10.9. The maximum absolute atomic E-state index is 12.8. The number of carbonyl (C=O) groups is 2. The summed E-state index contributed by atoms with van der Waals surface area (Å²) in [5, 5.41) is 2.95. The third kappa shape index (κ3) is 6.38. The molecule has 5 nitrogen and oxygen atoms in total. The molecule has 24 heavy (non-hydrogen) atoms. The second kappa shape index (κ2) is 10.2. The van der Waals surface area contributed by atoms with Crippen LogP contribution >= 0.6 is 0 Å². The highest BCUT2D eigenvalue weighted by Gasteiger charge is 2.21. The molecule has 1 unspecified atom stereocenters. The molecule has 0 aromatic carbocycles. The van der Waals surface area contributed by atoms with E-state index >= 15 is 0 Å². The molecule has 1 N–H and O–H groups in total. The summed E-state index contributed by atoms with van der Waals surface area (Å²) in [7, 11) is 0. The second-order valence-electron chi connectivity index (χ2n) is 6.45. The summed E-state index contributed by atoms with van der Waals surface area (Å²) < 4.78 is 5.48. The molecule has 0 fully saturated rings. The van der Waals surface area contributed by atoms with Gasteiger partial charge in [-0.25, -0.2) is 0 Å². The number of nitrogens with one attached hydrogen (secondary N) is 1. The lowest BCUT2D eigenvalue weighted by molar-refractivity contribution is -0.121. The van der Waals surface area contributed by atoms with Crippen molar-refractivity contribution in [3.05, 3.63) is 23.2 Å². The number of furan rings is 1. The maximum atomic E-state index is 12.8. The van der Waals surface area contributed by atoms with Crippen molar-refractivity contribution in [3.8, 4) is 0 Å². The minimum atomic E-state index is -0.0446. The highest BCUT2D eigenvalue weighted by Crippen LogP contribution is 2.17. The van der Waals surface area contributed by atoms with E-state index in [1.807, 2.05) is 20.8 Å². The van der Waals surface area contributed by atoms with Crippen LogP contribution in [0.4, 0.5) is 0 Å². The van der Waals surface area contributed by atoms with Crippen molar-refractivity contribution >= 4 is 11.8 Å². The van der Waals surface area contributed by atoms with Gasteiger partial charge in [0.25, 0.3) is 5.91 Å². The largest absolute Gasteiger partial charge is 0.466 e. The van der Waals surface area contributed by atoms with Crippen LogP contribution in [0, 0.1) is 13.8 Å². The van der Waals surface area contributed by atoms with Crippen LogP contribution in [0.5, 0.6) is 0 Å². The first kappa shape index (κ1) is 20.3. The summed E-state index contributed by atoms with van der Waals surface area (Å²) in [5.74, 6) is 1.33. The summed E-state index contributed by atoms with van der Waals surface area (Å²) in [4.78, 5) is 26.6. The third-order valence-corrected chi connectivity index (χ3v) is 4.22. The van der Waals surface area contributed by atoms with E-state index in [1.54, 1.807) is 17.9 Å². The van der Waals surface area contributed by atoms with Crippen LogP contribution in [0.15, 0.2) is 10.5 Å². The topological polar surface area (TPSA) is 62.6 Å². The van der Waals surface area contributed by atoms with Crippen molar-refractivity contribution in [3.63, 3.8) is 0 Å². The van der Waals surface area contributed by atoms with Crippen molar-refractivity contribution in [1.29, 1.82) is 0 Å². The summed E-state index contributed by atoms with van der Waals surface area (Å²) >= 11 is 0. The molecule has 1 atom stereocenters. The van der Waals surface area contributed by atoms with E-state index in [1.165, 1.54) is 0 Å². The van der Waals surface area contributed by atoms with Crippen molar-refractivity contribution in [2.45, 2.75) is 72.8 Å². The van der Waals surface area contributed by atoms with Crippen molar-refractivity contribution in [2.24, 2.45) is 0 Å². The fourth-order valence-electron chi connectivity index (χ4n) is 2.57. The summed E-state index contributed by atoms with van der Waals surface area (Å²) in [6.07, 6.45) is 4.36. The van der Waals surface area contributed by atoms with Gasteiger partial charge in [0, 0.05) is 25.6 Å². The zero-order valence-electron chi connectivity index (χ0n) is 15.8. The lowest BCUT2D eigenvalue weighted by Crippen LogP contribution is -2.38. The summed E-state index contributed by atoms with van der Waals surface area (Å²) in [5.41, 5.74) is 0.603. The van der Waals surface area contributed by atoms with E-state index in [-0.39, 0.29) is 17.9 Å². The van der Waals surface area contributed by atoms with E-state index in [4.69, 9.17) is 4.42 Å². The predicted octanol–water partition coefficient (Wildman–Crippen LogP) is 3.83. The number of aryl methyl sites for hydroxylation is 2. The van der Waals surface area contributed by atoms with Crippen LogP contribution in [0.3, 0.4) is 0 Å². The van der Waals surface area contributed by atoms with Crippen LogP contribution in [-0.2, 0) is 4.79 Å². The number of unbranched alkanes of at least 4 members (excludes halogenated alkanes) is 2. The minimum Gasteiger partial charge on any atom is -0.466 e. The van der Waals surface area contributed by atoms with Crippen LogP contribution < -0.4 is 5.32 Å². The van der Waals surface area contributed by atoms with Gasteiger partial charge in [0.05, 0.1) is 5.56 Å². The van der Waals surface area contributed by atoms with E-state index in [0.717, 1.165) is 31.4 Å². The number of carbonyl (C=O) groups excluding carboxylic acids is 2. The Bertz CT molecular complexity index is 537.